The molecule has 0 aromatic heterocycles. The van der Waals surface area contributed by atoms with Crippen LogP contribution in [0.1, 0.15) is 16.8 Å². The maximum atomic E-state index is 13.3. The predicted molar refractivity (Wildman–Crippen MR) is 80.8 cm³/mol. The molecule has 1 aromatic carbocycles. The van der Waals surface area contributed by atoms with Crippen molar-refractivity contribution in [3.8, 4) is 0 Å². The summed E-state index contributed by atoms with van der Waals surface area (Å²) in [5.74, 6) is 0.0438. The van der Waals surface area contributed by atoms with Crippen LogP contribution < -0.4 is 10.6 Å². The van der Waals surface area contributed by atoms with Crippen molar-refractivity contribution in [1.29, 1.82) is 0 Å². The smallest absolute Gasteiger partial charge is 0.254 e. The van der Waals surface area contributed by atoms with E-state index in [0.29, 0.717) is 6.54 Å². The minimum atomic E-state index is -0.615. The third-order valence-corrected chi connectivity index (χ3v) is 3.61. The molecule has 1 rings (SSSR count). The van der Waals surface area contributed by atoms with Gasteiger partial charge >= 0.3 is 0 Å². The Labute approximate surface area is 127 Å². The zero-order valence-electron chi connectivity index (χ0n) is 11.6. The highest BCUT2D eigenvalue weighted by atomic mass is 32.2. The van der Waals surface area contributed by atoms with Crippen LogP contribution in [0.5, 0.6) is 0 Å². The molecule has 0 saturated carbocycles. The van der Waals surface area contributed by atoms with Crippen molar-refractivity contribution < 1.29 is 19.1 Å². The van der Waals surface area contributed by atoms with Crippen LogP contribution in [0.15, 0.2) is 24.3 Å². The molecule has 0 radical (unpaired) electrons. The Bertz CT molecular complexity index is 471. The summed E-state index contributed by atoms with van der Waals surface area (Å²) >= 11 is 1.63. The van der Waals surface area contributed by atoms with E-state index in [4.69, 9.17) is 5.11 Å². The van der Waals surface area contributed by atoms with Crippen molar-refractivity contribution in [3.63, 3.8) is 0 Å². The van der Waals surface area contributed by atoms with Crippen LogP contribution in [0.25, 0.3) is 0 Å². The van der Waals surface area contributed by atoms with Gasteiger partial charge < -0.3 is 15.7 Å². The summed E-state index contributed by atoms with van der Waals surface area (Å²) in [5, 5.41) is 13.6. The molecule has 5 nitrogen and oxygen atoms in total. The molecule has 0 saturated heterocycles. The SMILES string of the molecule is O=C(CNC(=O)c1ccccc1F)NCCSCCCO. The molecule has 0 atom stereocenters. The number of hydrogen-bond acceptors (Lipinski definition) is 4. The van der Waals surface area contributed by atoms with E-state index >= 15 is 0 Å². The van der Waals surface area contributed by atoms with E-state index < -0.39 is 11.7 Å². The molecule has 0 spiro atoms. The van der Waals surface area contributed by atoms with Crippen LogP contribution in [0.2, 0.25) is 0 Å². The van der Waals surface area contributed by atoms with E-state index in [9.17, 15) is 14.0 Å². The van der Waals surface area contributed by atoms with Crippen LogP contribution in [0, 0.1) is 5.82 Å². The first-order chi connectivity index (χ1) is 10.1. The summed E-state index contributed by atoms with van der Waals surface area (Å²) in [6.45, 7) is 0.473. The lowest BCUT2D eigenvalue weighted by molar-refractivity contribution is -0.120. The fourth-order valence-electron chi connectivity index (χ4n) is 1.49. The van der Waals surface area contributed by atoms with Crippen molar-refractivity contribution in [2.45, 2.75) is 6.42 Å². The summed E-state index contributed by atoms with van der Waals surface area (Å²) in [6, 6.07) is 5.61. The average Bonchev–Trinajstić information content (AvgIpc) is 2.49. The fourth-order valence-corrected chi connectivity index (χ4v) is 2.28. The van der Waals surface area contributed by atoms with Gasteiger partial charge in [-0.25, -0.2) is 4.39 Å². The molecule has 0 aliphatic rings. The molecule has 2 amide bonds. The lowest BCUT2D eigenvalue weighted by Gasteiger charge is -2.07. The Morgan fingerprint density at radius 3 is 2.67 bits per heavy atom. The largest absolute Gasteiger partial charge is 0.396 e. The molecule has 3 N–H and O–H groups in total. The third kappa shape index (κ3) is 7.10. The van der Waals surface area contributed by atoms with Crippen molar-refractivity contribution in [2.75, 3.05) is 31.2 Å². The fraction of sp³-hybridized carbons (Fsp3) is 0.429. The third-order valence-electron chi connectivity index (χ3n) is 2.54. The Morgan fingerprint density at radius 2 is 1.95 bits per heavy atom. The lowest BCUT2D eigenvalue weighted by atomic mass is 10.2. The first-order valence-corrected chi connectivity index (χ1v) is 7.78. The van der Waals surface area contributed by atoms with Crippen LogP contribution >= 0.6 is 11.8 Å². The highest BCUT2D eigenvalue weighted by Gasteiger charge is 2.11. The molecule has 0 unspecified atom stereocenters. The van der Waals surface area contributed by atoms with Gasteiger partial charge in [-0.1, -0.05) is 12.1 Å². The van der Waals surface area contributed by atoms with Gasteiger partial charge in [0.25, 0.3) is 5.91 Å². The molecule has 21 heavy (non-hydrogen) atoms. The number of hydrogen-bond donors (Lipinski definition) is 3. The molecule has 0 aliphatic heterocycles. The van der Waals surface area contributed by atoms with Gasteiger partial charge in [-0.15, -0.1) is 0 Å². The minimum absolute atomic E-state index is 0.0788. The quantitative estimate of drug-likeness (QED) is 0.589. The number of carbonyl (C=O) groups excluding carboxylic acids is 2. The number of aliphatic hydroxyl groups is 1. The molecular weight excluding hydrogens is 295 g/mol. The van der Waals surface area contributed by atoms with E-state index in [0.717, 1.165) is 17.9 Å². The topological polar surface area (TPSA) is 78.4 Å². The van der Waals surface area contributed by atoms with E-state index in [1.54, 1.807) is 17.8 Å². The Hall–Kier alpha value is -1.60. The maximum absolute atomic E-state index is 13.3. The normalized spacial score (nSPS) is 10.2. The van der Waals surface area contributed by atoms with Gasteiger partial charge in [-0.3, -0.25) is 9.59 Å². The van der Waals surface area contributed by atoms with Crippen molar-refractivity contribution in [1.82, 2.24) is 10.6 Å². The molecule has 0 heterocycles. The van der Waals surface area contributed by atoms with Crippen molar-refractivity contribution in [2.24, 2.45) is 0 Å². The molecule has 116 valence electrons. The van der Waals surface area contributed by atoms with Gasteiger partial charge in [0, 0.05) is 18.9 Å². The molecule has 7 heteroatoms. The summed E-state index contributed by atoms with van der Waals surface area (Å²) < 4.78 is 13.3. The molecule has 0 fully saturated rings. The second-order valence-electron chi connectivity index (χ2n) is 4.20. The number of amides is 2. The molecular formula is C14H19FN2O3S. The number of aliphatic hydroxyl groups excluding tert-OH is 1. The van der Waals surface area contributed by atoms with Gasteiger partial charge in [0.2, 0.25) is 5.91 Å². The predicted octanol–water partition coefficient (Wildman–Crippen LogP) is 0.787. The Morgan fingerprint density at radius 1 is 1.19 bits per heavy atom. The first-order valence-electron chi connectivity index (χ1n) is 6.63. The highest BCUT2D eigenvalue weighted by Crippen LogP contribution is 2.05. The Balaban J connectivity index is 2.18. The lowest BCUT2D eigenvalue weighted by Crippen LogP contribution is -2.38. The summed E-state index contributed by atoms with van der Waals surface area (Å²) in [5.41, 5.74) is -0.0788. The van der Waals surface area contributed by atoms with E-state index in [1.807, 2.05) is 0 Å². The first kappa shape index (κ1) is 17.5. The summed E-state index contributed by atoms with van der Waals surface area (Å²) in [6.07, 6.45) is 0.733. The van der Waals surface area contributed by atoms with Crippen LogP contribution in [-0.2, 0) is 4.79 Å². The maximum Gasteiger partial charge on any atom is 0.254 e. The molecule has 1 aromatic rings. The number of carbonyl (C=O) groups is 2. The van der Waals surface area contributed by atoms with Gasteiger partial charge in [-0.05, 0) is 24.3 Å². The molecule has 0 aliphatic carbocycles. The van der Waals surface area contributed by atoms with Crippen LogP contribution in [-0.4, -0.2) is 48.1 Å². The van der Waals surface area contributed by atoms with Crippen LogP contribution in [0.4, 0.5) is 4.39 Å². The highest BCUT2D eigenvalue weighted by molar-refractivity contribution is 7.99. The average molecular weight is 314 g/mol. The van der Waals surface area contributed by atoms with Crippen molar-refractivity contribution >= 4 is 23.6 Å². The van der Waals surface area contributed by atoms with E-state index in [2.05, 4.69) is 10.6 Å². The number of rotatable bonds is 9. The number of thioether (sulfide) groups is 1. The zero-order valence-corrected chi connectivity index (χ0v) is 12.4. The van der Waals surface area contributed by atoms with Gasteiger partial charge in [-0.2, -0.15) is 11.8 Å². The molecule has 0 bridgehead atoms. The second kappa shape index (κ2) is 10.2. The summed E-state index contributed by atoms with van der Waals surface area (Å²) in [4.78, 5) is 23.1. The van der Waals surface area contributed by atoms with E-state index in [-0.39, 0.29) is 24.6 Å². The van der Waals surface area contributed by atoms with E-state index in [1.165, 1.54) is 18.2 Å². The van der Waals surface area contributed by atoms with Crippen LogP contribution in [0.3, 0.4) is 0 Å². The second-order valence-corrected chi connectivity index (χ2v) is 5.43. The standard InChI is InChI=1S/C14H19FN2O3S/c15-12-5-2-1-4-11(12)14(20)17-10-13(19)16-6-9-21-8-3-7-18/h1-2,4-5,18H,3,6-10H2,(H,16,19)(H,17,20). The van der Waals surface area contributed by atoms with Crippen molar-refractivity contribution in [3.05, 3.63) is 35.6 Å². The Kier molecular flexibility index (Phi) is 8.45. The number of nitrogens with one attached hydrogen (secondary N) is 2. The monoisotopic (exact) mass is 314 g/mol. The minimum Gasteiger partial charge on any atom is -0.396 e. The number of halogens is 1. The van der Waals surface area contributed by atoms with Gasteiger partial charge in [0.1, 0.15) is 5.82 Å². The van der Waals surface area contributed by atoms with Gasteiger partial charge in [0.05, 0.1) is 12.1 Å². The number of benzene rings is 1. The summed E-state index contributed by atoms with van der Waals surface area (Å²) in [7, 11) is 0. The van der Waals surface area contributed by atoms with Gasteiger partial charge in [0.15, 0.2) is 0 Å². The zero-order chi connectivity index (χ0) is 15.5.